The zero-order valence-corrected chi connectivity index (χ0v) is 11.1. The molecule has 88 valence electrons. The van der Waals surface area contributed by atoms with Gasteiger partial charge in [0.2, 0.25) is 0 Å². The van der Waals surface area contributed by atoms with Crippen molar-refractivity contribution in [1.82, 2.24) is 4.90 Å². The van der Waals surface area contributed by atoms with Crippen molar-refractivity contribution in [3.63, 3.8) is 0 Å². The number of piperidine rings is 1. The average Bonchev–Trinajstić information content (AvgIpc) is 2.64. The van der Waals surface area contributed by atoms with Gasteiger partial charge >= 0.3 is 0 Å². The van der Waals surface area contributed by atoms with E-state index >= 15 is 0 Å². The van der Waals surface area contributed by atoms with Gasteiger partial charge in [0.05, 0.1) is 9.21 Å². The zero-order valence-electron chi connectivity index (χ0n) is 9.57. The lowest BCUT2D eigenvalue weighted by Crippen LogP contribution is -2.47. The summed E-state index contributed by atoms with van der Waals surface area (Å²) in [6.07, 6.45) is 3.43. The smallest absolute Gasteiger partial charge is 0.264 e. The van der Waals surface area contributed by atoms with Gasteiger partial charge in [-0.25, -0.2) is 0 Å². The Morgan fingerprint density at radius 1 is 1.38 bits per heavy atom. The maximum atomic E-state index is 12.3. The molecule has 16 heavy (non-hydrogen) atoms. The summed E-state index contributed by atoms with van der Waals surface area (Å²) in [5, 5.41) is 0. The molecular formula is C12H16ClNOS. The number of rotatable bonds is 1. The monoisotopic (exact) mass is 257 g/mol. The fourth-order valence-corrected chi connectivity index (χ4v) is 3.37. The van der Waals surface area contributed by atoms with Crippen molar-refractivity contribution in [2.45, 2.75) is 45.2 Å². The van der Waals surface area contributed by atoms with Crippen LogP contribution in [0.3, 0.4) is 0 Å². The van der Waals surface area contributed by atoms with E-state index < -0.39 is 0 Å². The molecule has 2 unspecified atom stereocenters. The Morgan fingerprint density at radius 3 is 2.50 bits per heavy atom. The fourth-order valence-electron chi connectivity index (χ4n) is 2.38. The maximum Gasteiger partial charge on any atom is 0.264 e. The Hall–Kier alpha value is -0.540. The number of carbonyl (C=O) groups excluding carboxylic acids is 1. The Kier molecular flexibility index (Phi) is 3.55. The van der Waals surface area contributed by atoms with E-state index in [4.69, 9.17) is 11.6 Å². The van der Waals surface area contributed by atoms with Crippen LogP contribution in [0.5, 0.6) is 0 Å². The van der Waals surface area contributed by atoms with Crippen LogP contribution in [0.2, 0.25) is 4.34 Å². The summed E-state index contributed by atoms with van der Waals surface area (Å²) in [5.74, 6) is 0.136. The molecule has 1 saturated heterocycles. The van der Waals surface area contributed by atoms with Crippen molar-refractivity contribution in [3.05, 3.63) is 21.3 Å². The highest BCUT2D eigenvalue weighted by Crippen LogP contribution is 2.28. The average molecular weight is 258 g/mol. The molecule has 0 aliphatic carbocycles. The number of thiophene rings is 1. The first-order valence-corrected chi connectivity index (χ1v) is 6.87. The largest absolute Gasteiger partial charge is 0.333 e. The molecule has 1 aliphatic rings. The van der Waals surface area contributed by atoms with Crippen molar-refractivity contribution in [2.75, 3.05) is 0 Å². The van der Waals surface area contributed by atoms with Gasteiger partial charge in [-0.3, -0.25) is 4.79 Å². The Morgan fingerprint density at radius 2 is 2.00 bits per heavy atom. The third-order valence-corrected chi connectivity index (χ3v) is 4.43. The predicted molar refractivity (Wildman–Crippen MR) is 68.3 cm³/mol. The van der Waals surface area contributed by atoms with E-state index in [-0.39, 0.29) is 5.91 Å². The van der Waals surface area contributed by atoms with Gasteiger partial charge in [-0.1, -0.05) is 11.6 Å². The van der Waals surface area contributed by atoms with Gasteiger partial charge in [-0.05, 0) is 45.2 Å². The van der Waals surface area contributed by atoms with Crippen molar-refractivity contribution in [1.29, 1.82) is 0 Å². The Balaban J connectivity index is 2.19. The summed E-state index contributed by atoms with van der Waals surface area (Å²) in [5.41, 5.74) is 0. The van der Waals surface area contributed by atoms with Gasteiger partial charge < -0.3 is 4.90 Å². The van der Waals surface area contributed by atoms with Crippen LogP contribution >= 0.6 is 22.9 Å². The number of carbonyl (C=O) groups is 1. The lowest BCUT2D eigenvalue weighted by Gasteiger charge is -2.38. The first kappa shape index (κ1) is 11.9. The summed E-state index contributed by atoms with van der Waals surface area (Å²) in [7, 11) is 0. The van der Waals surface area contributed by atoms with Crippen LogP contribution in [-0.2, 0) is 0 Å². The highest BCUT2D eigenvalue weighted by Gasteiger charge is 2.30. The number of amides is 1. The minimum atomic E-state index is 0.136. The van der Waals surface area contributed by atoms with Crippen molar-refractivity contribution < 1.29 is 4.79 Å². The molecule has 0 spiro atoms. The van der Waals surface area contributed by atoms with Gasteiger partial charge in [0, 0.05) is 12.1 Å². The predicted octanol–water partition coefficient (Wildman–Crippen LogP) is 3.80. The summed E-state index contributed by atoms with van der Waals surface area (Å²) >= 11 is 7.23. The highest BCUT2D eigenvalue weighted by molar-refractivity contribution is 7.17. The van der Waals surface area contributed by atoms with Crippen LogP contribution in [0, 0.1) is 0 Å². The molecule has 2 heterocycles. The second-order valence-corrected chi connectivity index (χ2v) is 6.16. The first-order chi connectivity index (χ1) is 7.59. The van der Waals surface area contributed by atoms with Gasteiger partial charge in [0.25, 0.3) is 5.91 Å². The molecule has 0 bridgehead atoms. The molecule has 1 aliphatic heterocycles. The summed E-state index contributed by atoms with van der Waals surface area (Å²) in [6, 6.07) is 4.30. The third kappa shape index (κ3) is 2.25. The van der Waals surface area contributed by atoms with Crippen LogP contribution in [-0.4, -0.2) is 22.9 Å². The zero-order chi connectivity index (χ0) is 11.7. The lowest BCUT2D eigenvalue weighted by molar-refractivity contribution is 0.0516. The van der Waals surface area contributed by atoms with E-state index in [0.29, 0.717) is 16.4 Å². The van der Waals surface area contributed by atoms with E-state index in [1.165, 1.54) is 17.8 Å². The molecule has 1 aromatic rings. The molecular weight excluding hydrogens is 242 g/mol. The molecule has 0 saturated carbocycles. The molecule has 1 fully saturated rings. The Bertz CT molecular complexity index is 380. The van der Waals surface area contributed by atoms with Crippen LogP contribution in [0.1, 0.15) is 42.8 Å². The van der Waals surface area contributed by atoms with Crippen molar-refractivity contribution in [2.24, 2.45) is 0 Å². The second kappa shape index (κ2) is 4.76. The molecule has 1 amide bonds. The van der Waals surface area contributed by atoms with Gasteiger partial charge in [-0.2, -0.15) is 0 Å². The second-order valence-electron chi connectivity index (χ2n) is 4.45. The quantitative estimate of drug-likeness (QED) is 0.749. The summed E-state index contributed by atoms with van der Waals surface area (Å²) < 4.78 is 0.681. The van der Waals surface area contributed by atoms with Crippen LogP contribution in [0.15, 0.2) is 12.1 Å². The van der Waals surface area contributed by atoms with Gasteiger partial charge in [-0.15, -0.1) is 11.3 Å². The van der Waals surface area contributed by atoms with Crippen LogP contribution in [0.4, 0.5) is 0 Å². The first-order valence-electron chi connectivity index (χ1n) is 5.67. The maximum absolute atomic E-state index is 12.3. The van der Waals surface area contributed by atoms with E-state index in [1.54, 1.807) is 6.07 Å². The molecule has 0 radical (unpaired) electrons. The molecule has 2 nitrogen and oxygen atoms in total. The topological polar surface area (TPSA) is 20.3 Å². The molecule has 1 aromatic heterocycles. The van der Waals surface area contributed by atoms with E-state index in [1.807, 2.05) is 11.0 Å². The number of hydrogen-bond acceptors (Lipinski definition) is 2. The lowest BCUT2D eigenvalue weighted by atomic mass is 9.97. The van der Waals surface area contributed by atoms with Crippen LogP contribution in [0.25, 0.3) is 0 Å². The van der Waals surface area contributed by atoms with Crippen molar-refractivity contribution >= 4 is 28.8 Å². The molecule has 0 aromatic carbocycles. The number of hydrogen-bond donors (Lipinski definition) is 0. The van der Waals surface area contributed by atoms with E-state index in [0.717, 1.165) is 17.7 Å². The number of likely N-dealkylation sites (tertiary alicyclic amines) is 1. The SMILES string of the molecule is CC1CCCC(C)N1C(=O)c1ccc(Cl)s1. The van der Waals surface area contributed by atoms with E-state index in [2.05, 4.69) is 13.8 Å². The summed E-state index contributed by atoms with van der Waals surface area (Å²) in [6.45, 7) is 4.26. The minimum Gasteiger partial charge on any atom is -0.333 e. The molecule has 0 N–H and O–H groups in total. The molecule has 2 rings (SSSR count). The molecule has 2 atom stereocenters. The minimum absolute atomic E-state index is 0.136. The third-order valence-electron chi connectivity index (χ3n) is 3.21. The Labute approximate surface area is 105 Å². The summed E-state index contributed by atoms with van der Waals surface area (Å²) in [4.78, 5) is 15.1. The fraction of sp³-hybridized carbons (Fsp3) is 0.583. The van der Waals surface area contributed by atoms with Gasteiger partial charge in [0.15, 0.2) is 0 Å². The van der Waals surface area contributed by atoms with Crippen molar-refractivity contribution in [3.8, 4) is 0 Å². The number of halogens is 1. The standard InChI is InChI=1S/C12H16ClNOS/c1-8-4-3-5-9(2)14(8)12(15)10-6-7-11(13)16-10/h6-9H,3-5H2,1-2H3. The normalized spacial score (nSPS) is 25.8. The highest BCUT2D eigenvalue weighted by atomic mass is 35.5. The molecule has 4 heteroatoms. The van der Waals surface area contributed by atoms with E-state index in [9.17, 15) is 4.79 Å². The van der Waals surface area contributed by atoms with Gasteiger partial charge in [0.1, 0.15) is 0 Å². The van der Waals surface area contributed by atoms with Crippen LogP contribution < -0.4 is 0 Å². The number of nitrogens with zero attached hydrogens (tertiary/aromatic N) is 1.